The summed E-state index contributed by atoms with van der Waals surface area (Å²) in [6.45, 7) is -0.470. The molecule has 0 aliphatic heterocycles. The Morgan fingerprint density at radius 3 is 2.88 bits per heavy atom. The summed E-state index contributed by atoms with van der Waals surface area (Å²) in [5.41, 5.74) is 0.899. The van der Waals surface area contributed by atoms with Gasteiger partial charge in [-0.1, -0.05) is 12.1 Å². The lowest BCUT2D eigenvalue weighted by molar-refractivity contribution is -0.142. The van der Waals surface area contributed by atoms with E-state index in [-0.39, 0.29) is 0 Å². The van der Waals surface area contributed by atoms with Crippen LogP contribution in [0.5, 0.6) is 5.75 Å². The van der Waals surface area contributed by atoms with Crippen LogP contribution in [0.3, 0.4) is 0 Å². The lowest BCUT2D eigenvalue weighted by Crippen LogP contribution is -2.16. The van der Waals surface area contributed by atoms with Crippen molar-refractivity contribution in [3.05, 3.63) is 29.8 Å². The maximum atomic E-state index is 12.1. The molecule has 0 fully saturated rings. The van der Waals surface area contributed by atoms with Gasteiger partial charge in [-0.3, -0.25) is 9.18 Å². The molecule has 0 heterocycles. The molecule has 0 bridgehead atoms. The minimum Gasteiger partial charge on any atom is -0.497 e. The molecule has 0 aliphatic carbocycles. The Morgan fingerprint density at radius 1 is 1.53 bits per heavy atom. The molecule has 17 heavy (non-hydrogen) atoms. The lowest BCUT2D eigenvalue weighted by atomic mass is 9.95. The van der Waals surface area contributed by atoms with Crippen LogP contribution in [0.2, 0.25) is 0 Å². The SMILES string of the molecule is COc1cccc(CC(CCCF)C(=O)O)c1. The van der Waals surface area contributed by atoms with E-state index in [1.807, 2.05) is 18.2 Å². The molecule has 0 saturated heterocycles. The van der Waals surface area contributed by atoms with Gasteiger partial charge in [-0.15, -0.1) is 0 Å². The van der Waals surface area contributed by atoms with Gasteiger partial charge in [0.2, 0.25) is 0 Å². The number of hydrogen-bond donors (Lipinski definition) is 1. The molecule has 0 radical (unpaired) electrons. The first-order valence-corrected chi connectivity index (χ1v) is 5.59. The van der Waals surface area contributed by atoms with E-state index in [2.05, 4.69) is 0 Å². The third-order valence-corrected chi connectivity index (χ3v) is 2.65. The van der Waals surface area contributed by atoms with Crippen LogP contribution in [0.1, 0.15) is 18.4 Å². The molecule has 1 aromatic rings. The van der Waals surface area contributed by atoms with Gasteiger partial charge in [-0.25, -0.2) is 0 Å². The monoisotopic (exact) mass is 240 g/mol. The van der Waals surface area contributed by atoms with Gasteiger partial charge in [0.1, 0.15) is 5.75 Å². The zero-order valence-electron chi connectivity index (χ0n) is 9.86. The van der Waals surface area contributed by atoms with Crippen molar-refractivity contribution in [1.29, 1.82) is 0 Å². The third kappa shape index (κ3) is 4.43. The number of ether oxygens (including phenoxy) is 1. The molecule has 0 spiro atoms. The van der Waals surface area contributed by atoms with Crippen LogP contribution >= 0.6 is 0 Å². The quantitative estimate of drug-likeness (QED) is 0.797. The Bertz CT molecular complexity index is 365. The van der Waals surface area contributed by atoms with Gasteiger partial charge in [-0.2, -0.15) is 0 Å². The molecule has 94 valence electrons. The largest absolute Gasteiger partial charge is 0.497 e. The maximum Gasteiger partial charge on any atom is 0.306 e. The average Bonchev–Trinajstić information content (AvgIpc) is 2.34. The molecule has 0 aliphatic rings. The first-order chi connectivity index (χ1) is 8.17. The van der Waals surface area contributed by atoms with E-state index >= 15 is 0 Å². The summed E-state index contributed by atoms with van der Waals surface area (Å²) in [5, 5.41) is 9.03. The zero-order chi connectivity index (χ0) is 12.7. The Kier molecular flexibility index (Phi) is 5.46. The number of carboxylic acids is 1. The van der Waals surface area contributed by atoms with Gasteiger partial charge in [0, 0.05) is 0 Å². The molecule has 4 heteroatoms. The van der Waals surface area contributed by atoms with Crippen molar-refractivity contribution < 1.29 is 19.0 Å². The van der Waals surface area contributed by atoms with Crippen molar-refractivity contribution >= 4 is 5.97 Å². The predicted molar refractivity (Wildman–Crippen MR) is 63.0 cm³/mol. The highest BCUT2D eigenvalue weighted by Crippen LogP contribution is 2.19. The molecule has 1 N–H and O–H groups in total. The summed E-state index contributed by atoms with van der Waals surface area (Å²) in [4.78, 5) is 11.0. The molecule has 0 amide bonds. The first-order valence-electron chi connectivity index (χ1n) is 5.59. The number of carbonyl (C=O) groups is 1. The number of aliphatic carboxylic acids is 1. The van der Waals surface area contributed by atoms with Crippen molar-refractivity contribution in [1.82, 2.24) is 0 Å². The number of halogens is 1. The predicted octanol–water partition coefficient (Wildman–Crippen LogP) is 2.69. The molecule has 1 unspecified atom stereocenters. The molecule has 1 aromatic carbocycles. The van der Waals surface area contributed by atoms with E-state index in [0.29, 0.717) is 25.0 Å². The Balaban J connectivity index is 2.67. The highest BCUT2D eigenvalue weighted by Gasteiger charge is 2.17. The number of hydrogen-bond acceptors (Lipinski definition) is 2. The lowest BCUT2D eigenvalue weighted by Gasteiger charge is -2.12. The summed E-state index contributed by atoms with van der Waals surface area (Å²) >= 11 is 0. The number of methoxy groups -OCH3 is 1. The van der Waals surface area contributed by atoms with E-state index in [1.54, 1.807) is 13.2 Å². The number of benzene rings is 1. The van der Waals surface area contributed by atoms with Crippen molar-refractivity contribution in [3.63, 3.8) is 0 Å². The zero-order valence-corrected chi connectivity index (χ0v) is 9.86. The summed E-state index contributed by atoms with van der Waals surface area (Å²) in [7, 11) is 1.57. The fraction of sp³-hybridized carbons (Fsp3) is 0.462. The average molecular weight is 240 g/mol. The van der Waals surface area contributed by atoms with Crippen LogP contribution < -0.4 is 4.74 Å². The van der Waals surface area contributed by atoms with E-state index in [4.69, 9.17) is 9.84 Å². The molecule has 1 rings (SSSR count). The highest BCUT2D eigenvalue weighted by molar-refractivity contribution is 5.70. The van der Waals surface area contributed by atoms with Crippen molar-refractivity contribution in [2.75, 3.05) is 13.8 Å². The van der Waals surface area contributed by atoms with Gasteiger partial charge >= 0.3 is 5.97 Å². The van der Waals surface area contributed by atoms with Gasteiger partial charge in [0.25, 0.3) is 0 Å². The Hall–Kier alpha value is -1.58. The first kappa shape index (κ1) is 13.5. The normalized spacial score (nSPS) is 12.1. The number of alkyl halides is 1. The second-order valence-corrected chi connectivity index (χ2v) is 3.92. The third-order valence-electron chi connectivity index (χ3n) is 2.65. The highest BCUT2D eigenvalue weighted by atomic mass is 19.1. The smallest absolute Gasteiger partial charge is 0.306 e. The van der Waals surface area contributed by atoms with Crippen LogP contribution in [0.25, 0.3) is 0 Å². The van der Waals surface area contributed by atoms with Crippen molar-refractivity contribution in [2.24, 2.45) is 5.92 Å². The number of carboxylic acid groups (broad SMARTS) is 1. The standard InChI is InChI=1S/C13H17FO3/c1-17-12-6-2-4-10(9-12)8-11(13(15)16)5-3-7-14/h2,4,6,9,11H,3,5,7-8H2,1H3,(H,15,16). The second kappa shape index (κ2) is 6.89. The molecule has 0 aromatic heterocycles. The van der Waals surface area contributed by atoms with E-state index in [9.17, 15) is 9.18 Å². The molecule has 3 nitrogen and oxygen atoms in total. The minimum absolute atomic E-state index is 0.293. The topological polar surface area (TPSA) is 46.5 Å². The van der Waals surface area contributed by atoms with E-state index in [0.717, 1.165) is 5.56 Å². The molecular weight excluding hydrogens is 223 g/mol. The molecule has 0 saturated carbocycles. The fourth-order valence-corrected chi connectivity index (χ4v) is 1.72. The Labute approximate surface area is 100 Å². The fourth-order valence-electron chi connectivity index (χ4n) is 1.72. The molecular formula is C13H17FO3. The summed E-state index contributed by atoms with van der Waals surface area (Å²) in [5.74, 6) is -0.698. The summed E-state index contributed by atoms with van der Waals surface area (Å²) in [6.07, 6.45) is 1.07. The Morgan fingerprint density at radius 2 is 2.29 bits per heavy atom. The van der Waals surface area contributed by atoms with Crippen LogP contribution in [-0.4, -0.2) is 24.9 Å². The van der Waals surface area contributed by atoms with Crippen LogP contribution in [0.15, 0.2) is 24.3 Å². The maximum absolute atomic E-state index is 12.1. The molecule has 1 atom stereocenters. The van der Waals surface area contributed by atoms with E-state index < -0.39 is 18.6 Å². The van der Waals surface area contributed by atoms with Gasteiger partial charge in [-0.05, 0) is 37.0 Å². The van der Waals surface area contributed by atoms with Gasteiger partial charge < -0.3 is 9.84 Å². The summed E-state index contributed by atoms with van der Waals surface area (Å²) in [6, 6.07) is 7.29. The summed E-state index contributed by atoms with van der Waals surface area (Å²) < 4.78 is 17.1. The minimum atomic E-state index is -0.874. The van der Waals surface area contributed by atoms with Crippen LogP contribution in [0.4, 0.5) is 4.39 Å². The van der Waals surface area contributed by atoms with E-state index in [1.165, 1.54) is 0 Å². The second-order valence-electron chi connectivity index (χ2n) is 3.92. The number of rotatable bonds is 7. The van der Waals surface area contributed by atoms with Crippen molar-refractivity contribution in [3.8, 4) is 5.75 Å². The van der Waals surface area contributed by atoms with Gasteiger partial charge in [0.15, 0.2) is 0 Å². The van der Waals surface area contributed by atoms with Gasteiger partial charge in [0.05, 0.1) is 19.7 Å². The van der Waals surface area contributed by atoms with Crippen LogP contribution in [-0.2, 0) is 11.2 Å². The van der Waals surface area contributed by atoms with Crippen molar-refractivity contribution in [2.45, 2.75) is 19.3 Å². The van der Waals surface area contributed by atoms with Crippen LogP contribution in [0, 0.1) is 5.92 Å².